The van der Waals surface area contributed by atoms with Gasteiger partial charge in [-0.05, 0) is 50.7 Å². The number of nitrogens with zero attached hydrogens (tertiary/aromatic N) is 2. The van der Waals surface area contributed by atoms with Crippen LogP contribution in [0.3, 0.4) is 0 Å². The Morgan fingerprint density at radius 1 is 1.14 bits per heavy atom. The van der Waals surface area contributed by atoms with Crippen molar-refractivity contribution in [2.24, 2.45) is 0 Å². The summed E-state index contributed by atoms with van der Waals surface area (Å²) in [5.41, 5.74) is 2.98. The van der Waals surface area contributed by atoms with Gasteiger partial charge in [0.05, 0.1) is 23.9 Å². The Labute approximate surface area is 210 Å². The van der Waals surface area contributed by atoms with Crippen molar-refractivity contribution in [2.75, 3.05) is 11.9 Å². The van der Waals surface area contributed by atoms with Gasteiger partial charge < -0.3 is 10.1 Å². The minimum absolute atomic E-state index is 0.199. The number of hydrogen-bond acceptors (Lipinski definition) is 7. The van der Waals surface area contributed by atoms with E-state index in [4.69, 9.17) is 4.74 Å². The molecule has 1 N–H and O–H groups in total. The van der Waals surface area contributed by atoms with E-state index in [1.54, 1.807) is 6.92 Å². The zero-order valence-corrected chi connectivity index (χ0v) is 21.2. The number of benzene rings is 1. The van der Waals surface area contributed by atoms with Crippen LogP contribution in [-0.4, -0.2) is 28.0 Å². The molecule has 4 aromatic rings. The first-order valence-electron chi connectivity index (χ1n) is 11.6. The summed E-state index contributed by atoms with van der Waals surface area (Å²) in [5.74, 6) is -0.797. The van der Waals surface area contributed by atoms with Crippen LogP contribution in [0, 0.1) is 6.92 Å². The van der Waals surface area contributed by atoms with Gasteiger partial charge in [-0.25, -0.2) is 9.78 Å². The number of amides is 1. The highest BCUT2D eigenvalue weighted by Crippen LogP contribution is 2.39. The lowest BCUT2D eigenvalue weighted by molar-refractivity contribution is -0.116. The van der Waals surface area contributed by atoms with Gasteiger partial charge in [-0.15, -0.1) is 22.7 Å². The predicted molar refractivity (Wildman–Crippen MR) is 140 cm³/mol. The molecule has 0 fully saturated rings. The van der Waals surface area contributed by atoms with Crippen LogP contribution in [0.25, 0.3) is 21.3 Å². The molecule has 3 aromatic heterocycles. The summed E-state index contributed by atoms with van der Waals surface area (Å²) in [6.07, 6.45) is 5.18. The van der Waals surface area contributed by atoms with Gasteiger partial charge in [0.2, 0.25) is 5.91 Å². The molecule has 0 bridgehead atoms. The van der Waals surface area contributed by atoms with Crippen LogP contribution < -0.4 is 10.9 Å². The van der Waals surface area contributed by atoms with Crippen molar-refractivity contribution in [1.82, 2.24) is 9.55 Å². The number of carbonyl (C=O) groups excluding carboxylic acids is 2. The van der Waals surface area contributed by atoms with E-state index in [1.807, 2.05) is 37.3 Å². The molecule has 0 spiro atoms. The Balaban J connectivity index is 1.46. The van der Waals surface area contributed by atoms with Crippen LogP contribution in [0.1, 0.15) is 45.4 Å². The van der Waals surface area contributed by atoms with Crippen molar-refractivity contribution in [3.63, 3.8) is 0 Å². The van der Waals surface area contributed by atoms with Crippen molar-refractivity contribution in [1.29, 1.82) is 0 Å². The standard InChI is InChI=1S/C26H25N3O4S2/c1-3-33-26(32)21-17-11-7-8-12-18(17)35-24(21)28-19(30)13-29-14-27-23-22(25(29)31)20(15(2)34-23)16-9-5-4-6-10-16/h4-6,9-10,14H,3,7-8,11-13H2,1-2H3,(H,28,30). The van der Waals surface area contributed by atoms with Gasteiger partial charge in [-0.1, -0.05) is 30.3 Å². The fraction of sp³-hybridized carbons (Fsp3) is 0.308. The van der Waals surface area contributed by atoms with Gasteiger partial charge >= 0.3 is 5.97 Å². The SMILES string of the molecule is CCOC(=O)c1c(NC(=O)Cn2cnc3sc(C)c(-c4ccccc4)c3c2=O)sc2c1CCCC2. The first kappa shape index (κ1) is 23.4. The molecule has 0 unspecified atom stereocenters. The van der Waals surface area contributed by atoms with Gasteiger partial charge in [0.15, 0.2) is 0 Å². The number of carbonyl (C=O) groups is 2. The summed E-state index contributed by atoms with van der Waals surface area (Å²) in [6.45, 7) is 3.80. The van der Waals surface area contributed by atoms with E-state index in [1.165, 1.54) is 33.6 Å². The fourth-order valence-corrected chi connectivity index (χ4v) is 6.89. The van der Waals surface area contributed by atoms with Crippen molar-refractivity contribution in [3.8, 4) is 11.1 Å². The lowest BCUT2D eigenvalue weighted by Gasteiger charge is -2.12. The number of esters is 1. The number of thiophene rings is 2. The van der Waals surface area contributed by atoms with E-state index >= 15 is 0 Å². The van der Waals surface area contributed by atoms with Crippen LogP contribution in [0.15, 0.2) is 41.5 Å². The molecule has 0 radical (unpaired) electrons. The molecule has 5 rings (SSSR count). The molecular weight excluding hydrogens is 482 g/mol. The second-order valence-corrected chi connectivity index (χ2v) is 10.7. The maximum Gasteiger partial charge on any atom is 0.341 e. The number of fused-ring (bicyclic) bond motifs is 2. The molecule has 1 amide bonds. The summed E-state index contributed by atoms with van der Waals surface area (Å²) in [7, 11) is 0. The average Bonchev–Trinajstić information content (AvgIpc) is 3.38. The van der Waals surface area contributed by atoms with Gasteiger partial charge in [-0.2, -0.15) is 0 Å². The Morgan fingerprint density at radius 2 is 1.91 bits per heavy atom. The lowest BCUT2D eigenvalue weighted by Crippen LogP contribution is -2.28. The highest BCUT2D eigenvalue weighted by atomic mass is 32.1. The summed E-state index contributed by atoms with van der Waals surface area (Å²) < 4.78 is 6.60. The first-order valence-corrected chi connectivity index (χ1v) is 13.3. The summed E-state index contributed by atoms with van der Waals surface area (Å²) in [4.78, 5) is 46.4. The Bertz CT molecular complexity index is 1480. The number of ether oxygens (including phenoxy) is 1. The maximum absolute atomic E-state index is 13.4. The van der Waals surface area contributed by atoms with E-state index < -0.39 is 5.97 Å². The Kier molecular flexibility index (Phi) is 6.53. The number of rotatable bonds is 6. The molecule has 35 heavy (non-hydrogen) atoms. The number of anilines is 1. The Morgan fingerprint density at radius 3 is 2.69 bits per heavy atom. The monoisotopic (exact) mass is 507 g/mol. The third-order valence-corrected chi connectivity index (χ3v) is 8.36. The van der Waals surface area contributed by atoms with Crippen LogP contribution >= 0.6 is 22.7 Å². The van der Waals surface area contributed by atoms with Crippen molar-refractivity contribution in [2.45, 2.75) is 46.1 Å². The largest absolute Gasteiger partial charge is 0.462 e. The van der Waals surface area contributed by atoms with Crippen LogP contribution in [0.5, 0.6) is 0 Å². The molecule has 1 aliphatic carbocycles. The number of aryl methyl sites for hydroxylation is 2. The van der Waals surface area contributed by atoms with Crippen molar-refractivity contribution in [3.05, 3.63) is 67.9 Å². The highest BCUT2D eigenvalue weighted by Gasteiger charge is 2.27. The third kappa shape index (κ3) is 4.41. The number of hydrogen-bond donors (Lipinski definition) is 1. The zero-order valence-electron chi connectivity index (χ0n) is 19.6. The predicted octanol–water partition coefficient (Wildman–Crippen LogP) is 5.19. The molecule has 9 heteroatoms. The molecule has 0 atom stereocenters. The normalized spacial score (nSPS) is 13.0. The van der Waals surface area contributed by atoms with E-state index in [2.05, 4.69) is 10.3 Å². The fourth-order valence-electron chi connectivity index (χ4n) is 4.60. The quantitative estimate of drug-likeness (QED) is 0.363. The summed E-state index contributed by atoms with van der Waals surface area (Å²) in [5, 5.41) is 3.90. The van der Waals surface area contributed by atoms with E-state index in [-0.39, 0.29) is 24.6 Å². The van der Waals surface area contributed by atoms with Gasteiger partial charge in [0, 0.05) is 15.3 Å². The van der Waals surface area contributed by atoms with E-state index in [9.17, 15) is 14.4 Å². The highest BCUT2D eigenvalue weighted by molar-refractivity contribution is 7.19. The van der Waals surface area contributed by atoms with E-state index in [0.717, 1.165) is 52.1 Å². The molecule has 0 saturated heterocycles. The van der Waals surface area contributed by atoms with Crippen LogP contribution in [0.2, 0.25) is 0 Å². The molecule has 7 nitrogen and oxygen atoms in total. The molecule has 1 aliphatic rings. The first-order chi connectivity index (χ1) is 17.0. The number of nitrogens with one attached hydrogen (secondary N) is 1. The van der Waals surface area contributed by atoms with Crippen LogP contribution in [0.4, 0.5) is 5.00 Å². The summed E-state index contributed by atoms with van der Waals surface area (Å²) >= 11 is 2.90. The number of aromatic nitrogens is 2. The molecule has 0 aliphatic heterocycles. The van der Waals surface area contributed by atoms with E-state index in [0.29, 0.717) is 20.8 Å². The molecule has 180 valence electrons. The summed E-state index contributed by atoms with van der Waals surface area (Å²) in [6, 6.07) is 9.73. The van der Waals surface area contributed by atoms with Crippen molar-refractivity contribution < 1.29 is 14.3 Å². The molecule has 3 heterocycles. The second kappa shape index (κ2) is 9.75. The lowest BCUT2D eigenvalue weighted by atomic mass is 9.95. The molecule has 0 saturated carbocycles. The minimum atomic E-state index is -0.413. The molecular formula is C26H25N3O4S2. The average molecular weight is 508 g/mol. The van der Waals surface area contributed by atoms with Gasteiger partial charge in [-0.3, -0.25) is 14.2 Å². The van der Waals surface area contributed by atoms with Crippen molar-refractivity contribution >= 4 is 49.8 Å². The third-order valence-electron chi connectivity index (χ3n) is 6.14. The topological polar surface area (TPSA) is 90.3 Å². The molecule has 1 aromatic carbocycles. The smallest absolute Gasteiger partial charge is 0.341 e. The maximum atomic E-state index is 13.4. The van der Waals surface area contributed by atoms with Crippen LogP contribution in [-0.2, 0) is 28.9 Å². The second-order valence-electron chi connectivity index (χ2n) is 8.44. The Hall–Kier alpha value is -3.30. The van der Waals surface area contributed by atoms with Gasteiger partial charge in [0.1, 0.15) is 16.4 Å². The van der Waals surface area contributed by atoms with Gasteiger partial charge in [0.25, 0.3) is 5.56 Å². The minimum Gasteiger partial charge on any atom is -0.462 e. The zero-order chi connectivity index (χ0) is 24.5.